The highest BCUT2D eigenvalue weighted by Gasteiger charge is 2.30. The van der Waals surface area contributed by atoms with Crippen LogP contribution in [0.25, 0.3) is 12.2 Å². The second-order valence-electron chi connectivity index (χ2n) is 21.3. The lowest BCUT2D eigenvalue weighted by atomic mass is 9.72. The first-order valence-electron chi connectivity index (χ1n) is 26.1. The predicted molar refractivity (Wildman–Crippen MR) is 323 cm³/mol. The van der Waals surface area contributed by atoms with Gasteiger partial charge in [-0.25, -0.2) is 0 Å². The van der Waals surface area contributed by atoms with Gasteiger partial charge in [-0.15, -0.1) is 0 Å². The van der Waals surface area contributed by atoms with E-state index >= 15 is 0 Å². The summed E-state index contributed by atoms with van der Waals surface area (Å²) >= 11 is 0. The number of anilines is 1. The van der Waals surface area contributed by atoms with Crippen LogP contribution < -0.4 is 4.90 Å². The SMILES string of the molecule is CC1=C(/C=C/C(C)=C/C=C/C(C)=C/C=C/C(C)=C/C=C/C=C(C)/C=C/C=C(C)/C=C/C=C(C)/C=C/C2=C(C)CCCC2(C)C)C(C)(C)CCC1.CN(C)c1ccc(/C=C/c2c([N+](=O)[O-])cc([N+](=O)[O-])cc2[N+](=O)[O-])cc1. The topological polar surface area (TPSA) is 133 Å². The molecule has 0 bridgehead atoms. The van der Waals surface area contributed by atoms with Crippen LogP contribution in [-0.2, 0) is 0 Å². The second-order valence-corrected chi connectivity index (χ2v) is 21.3. The normalized spacial score (nSPS) is 17.5. The van der Waals surface area contributed by atoms with E-state index < -0.39 is 31.8 Å². The minimum absolute atomic E-state index is 0.283. The van der Waals surface area contributed by atoms with Gasteiger partial charge in [0.2, 0.25) is 0 Å². The highest BCUT2D eigenvalue weighted by Crippen LogP contribution is 2.42. The largest absolute Gasteiger partial charge is 0.378 e. The molecule has 0 radical (unpaired) electrons. The summed E-state index contributed by atoms with van der Waals surface area (Å²) in [6.07, 6.45) is 53.8. The summed E-state index contributed by atoms with van der Waals surface area (Å²) in [6, 6.07) is 8.55. The van der Waals surface area contributed by atoms with Gasteiger partial charge in [-0.1, -0.05) is 212 Å². The van der Waals surface area contributed by atoms with Crippen LogP contribution in [0, 0.1) is 41.2 Å². The van der Waals surface area contributed by atoms with E-state index in [1.165, 1.54) is 95.3 Å². The van der Waals surface area contributed by atoms with Crippen LogP contribution in [0.5, 0.6) is 0 Å². The lowest BCUT2D eigenvalue weighted by Crippen LogP contribution is -2.19. The van der Waals surface area contributed by atoms with Crippen molar-refractivity contribution in [1.29, 1.82) is 0 Å². The Balaban J connectivity index is 0.000000488. The lowest BCUT2D eigenvalue weighted by molar-refractivity contribution is -0.403. The molecule has 2 aromatic carbocycles. The Morgan fingerprint density at radius 2 is 0.829 bits per heavy atom. The summed E-state index contributed by atoms with van der Waals surface area (Å²) in [6.45, 7) is 27.0. The first kappa shape index (κ1) is 62.6. The van der Waals surface area contributed by atoms with Crippen molar-refractivity contribution in [2.45, 2.75) is 122 Å². The Morgan fingerprint density at radius 3 is 1.14 bits per heavy atom. The Hall–Kier alpha value is -7.72. The van der Waals surface area contributed by atoms with E-state index in [0.717, 1.165) is 5.69 Å². The van der Waals surface area contributed by atoms with Gasteiger partial charge < -0.3 is 4.90 Å². The zero-order chi connectivity index (χ0) is 56.6. The molecule has 0 spiro atoms. The van der Waals surface area contributed by atoms with Gasteiger partial charge in [-0.3, -0.25) is 30.3 Å². The number of rotatable bonds is 20. The van der Waals surface area contributed by atoms with Gasteiger partial charge in [-0.2, -0.15) is 0 Å². The van der Waals surface area contributed by atoms with Crippen molar-refractivity contribution in [2.75, 3.05) is 19.0 Å². The predicted octanol–water partition coefficient (Wildman–Crippen LogP) is 19.3. The average Bonchev–Trinajstić information content (AvgIpc) is 3.33. The Labute approximate surface area is 454 Å². The molecule has 76 heavy (non-hydrogen) atoms. The fraction of sp³-hybridized carbons (Fsp3) is 0.333. The molecule has 2 aromatic rings. The fourth-order valence-corrected chi connectivity index (χ4v) is 8.85. The van der Waals surface area contributed by atoms with E-state index in [4.69, 9.17) is 0 Å². The van der Waals surface area contributed by atoms with Crippen LogP contribution in [0.15, 0.2) is 214 Å². The second kappa shape index (κ2) is 30.6. The van der Waals surface area contributed by atoms with Crippen LogP contribution in [0.1, 0.15) is 133 Å². The Morgan fingerprint density at radius 1 is 0.487 bits per heavy atom. The van der Waals surface area contributed by atoms with Crippen molar-refractivity contribution in [2.24, 2.45) is 10.8 Å². The molecule has 0 N–H and O–H groups in total. The van der Waals surface area contributed by atoms with Crippen molar-refractivity contribution >= 4 is 34.9 Å². The van der Waals surface area contributed by atoms with Crippen LogP contribution in [0.4, 0.5) is 22.7 Å². The van der Waals surface area contributed by atoms with E-state index in [-0.39, 0.29) is 16.4 Å². The van der Waals surface area contributed by atoms with E-state index in [0.29, 0.717) is 17.7 Å². The molecule has 402 valence electrons. The molecule has 2 aliphatic carbocycles. The quantitative estimate of drug-likeness (QED) is 0.0558. The molecule has 4 rings (SSSR count). The summed E-state index contributed by atoms with van der Waals surface area (Å²) in [5.41, 5.74) is 13.3. The van der Waals surface area contributed by atoms with Gasteiger partial charge in [0.15, 0.2) is 0 Å². The standard InChI is InChI=1S/C50H68.C16H14N4O6/c1-39(23-15-25-41(3)27-17-29-43(5)33-35-47-45(7)31-19-37-49(47,9)10)21-13-14-22-40(2)24-16-26-42(4)28-18-30-44(6)34-36-48-46(8)32-20-38-50(48,11)12;1-17(2)12-6-3-11(4-7-12)5-8-14-15(19(23)24)9-13(18(21)22)10-16(14)20(25)26/h13-18,21-30,33-36H,19-20,31-32,37-38H2,1-12H3;3-10H,1-2H3/b14-13+,23-15+,24-16+,27-17+,28-18+,35-33+,36-34+,39-21+,40-22+,41-25+,42-26+,43-29+,44-30+;8-5+. The van der Waals surface area contributed by atoms with E-state index in [1.807, 2.05) is 31.1 Å². The van der Waals surface area contributed by atoms with Crippen LogP contribution >= 0.6 is 0 Å². The summed E-state index contributed by atoms with van der Waals surface area (Å²) in [5, 5.41) is 33.3. The van der Waals surface area contributed by atoms with Gasteiger partial charge >= 0.3 is 0 Å². The van der Waals surface area contributed by atoms with Gasteiger partial charge in [0.05, 0.1) is 26.9 Å². The highest BCUT2D eigenvalue weighted by atomic mass is 16.6. The zero-order valence-corrected chi connectivity index (χ0v) is 47.6. The molecule has 0 saturated carbocycles. The molecule has 0 aliphatic heterocycles. The number of nitro benzene ring substituents is 3. The van der Waals surface area contributed by atoms with Crippen molar-refractivity contribution in [1.82, 2.24) is 0 Å². The van der Waals surface area contributed by atoms with E-state index in [1.54, 1.807) is 23.3 Å². The van der Waals surface area contributed by atoms with Crippen LogP contribution in [0.2, 0.25) is 0 Å². The molecule has 0 aromatic heterocycles. The first-order valence-corrected chi connectivity index (χ1v) is 26.1. The third kappa shape index (κ3) is 21.6. The van der Waals surface area contributed by atoms with E-state index in [9.17, 15) is 30.3 Å². The maximum Gasteiger partial charge on any atom is 0.290 e. The molecule has 10 nitrogen and oxygen atoms in total. The number of hydrogen-bond donors (Lipinski definition) is 0. The van der Waals surface area contributed by atoms with E-state index in [2.05, 4.69) is 205 Å². The molecule has 0 amide bonds. The lowest BCUT2D eigenvalue weighted by Gasteiger charge is -2.33. The summed E-state index contributed by atoms with van der Waals surface area (Å²) in [7, 11) is 3.74. The number of allylic oxidation sites excluding steroid dienone is 30. The summed E-state index contributed by atoms with van der Waals surface area (Å²) in [4.78, 5) is 32.5. The maximum atomic E-state index is 11.2. The number of hydrogen-bond acceptors (Lipinski definition) is 7. The number of non-ortho nitro benzene ring substituents is 1. The zero-order valence-electron chi connectivity index (χ0n) is 47.6. The smallest absolute Gasteiger partial charge is 0.290 e. The van der Waals surface area contributed by atoms with Gasteiger partial charge in [0, 0.05) is 19.8 Å². The minimum atomic E-state index is -0.909. The van der Waals surface area contributed by atoms with Crippen LogP contribution in [-0.4, -0.2) is 28.9 Å². The van der Waals surface area contributed by atoms with Crippen molar-refractivity contribution in [3.05, 3.63) is 255 Å². The molecule has 2 aliphatic rings. The molecule has 0 fully saturated rings. The molecule has 0 unspecified atom stereocenters. The minimum Gasteiger partial charge on any atom is -0.378 e. The highest BCUT2D eigenvalue weighted by molar-refractivity contribution is 5.81. The monoisotopic (exact) mass is 1030 g/mol. The fourth-order valence-electron chi connectivity index (χ4n) is 8.85. The van der Waals surface area contributed by atoms with Crippen molar-refractivity contribution < 1.29 is 14.8 Å². The molecule has 0 atom stereocenters. The molecular formula is C66H82N4O6. The first-order chi connectivity index (χ1) is 35.8. The Bertz CT molecular complexity index is 2770. The molecule has 0 heterocycles. The van der Waals surface area contributed by atoms with Gasteiger partial charge in [0.25, 0.3) is 17.1 Å². The number of nitrogens with zero attached hydrogens (tertiary/aromatic N) is 4. The molecule has 0 saturated heterocycles. The van der Waals surface area contributed by atoms with Crippen molar-refractivity contribution in [3.8, 4) is 0 Å². The Kier molecular flexibility index (Phi) is 25.2. The van der Waals surface area contributed by atoms with Gasteiger partial charge in [0.1, 0.15) is 5.56 Å². The van der Waals surface area contributed by atoms with Gasteiger partial charge in [-0.05, 0) is 140 Å². The average molecular weight is 1030 g/mol. The number of benzene rings is 2. The van der Waals surface area contributed by atoms with Crippen LogP contribution in [0.3, 0.4) is 0 Å². The third-order valence-corrected chi connectivity index (χ3v) is 13.4. The molecule has 10 heteroatoms. The summed E-state index contributed by atoms with van der Waals surface area (Å²) in [5.74, 6) is 0. The maximum absolute atomic E-state index is 11.2. The number of nitro groups is 3. The van der Waals surface area contributed by atoms with Crippen molar-refractivity contribution in [3.63, 3.8) is 0 Å². The summed E-state index contributed by atoms with van der Waals surface area (Å²) < 4.78 is 0. The third-order valence-electron chi connectivity index (χ3n) is 13.4. The molecular weight excluding hydrogens is 945 g/mol.